The summed E-state index contributed by atoms with van der Waals surface area (Å²) < 4.78 is 0. The van der Waals surface area contributed by atoms with E-state index >= 15 is 0 Å². The van der Waals surface area contributed by atoms with Crippen molar-refractivity contribution in [3.05, 3.63) is 35.9 Å². The molecule has 0 atom stereocenters. The second-order valence-electron chi connectivity index (χ2n) is 5.10. The van der Waals surface area contributed by atoms with Gasteiger partial charge >= 0.3 is 0 Å². The van der Waals surface area contributed by atoms with Crippen molar-refractivity contribution in [2.24, 2.45) is 0 Å². The smallest absolute Gasteiger partial charge is 0.234 e. The summed E-state index contributed by atoms with van der Waals surface area (Å²) in [5, 5.41) is 6.27. The summed E-state index contributed by atoms with van der Waals surface area (Å²) in [4.78, 5) is 14.1. The van der Waals surface area contributed by atoms with E-state index in [0.717, 1.165) is 31.5 Å². The molecule has 112 valence electrons. The van der Waals surface area contributed by atoms with Crippen LogP contribution < -0.4 is 10.6 Å². The van der Waals surface area contributed by atoms with E-state index < -0.39 is 0 Å². The third-order valence-electron chi connectivity index (χ3n) is 3.70. The number of likely N-dealkylation sites (tertiary alicyclic amines) is 1. The fourth-order valence-corrected chi connectivity index (χ4v) is 2.44. The summed E-state index contributed by atoms with van der Waals surface area (Å²) in [6, 6.07) is 10.6. The number of piperidine rings is 1. The van der Waals surface area contributed by atoms with Gasteiger partial charge in [-0.1, -0.05) is 30.3 Å². The largest absolute Gasteiger partial charge is 0.351 e. The summed E-state index contributed by atoms with van der Waals surface area (Å²) in [6.45, 7) is 3.14. The van der Waals surface area contributed by atoms with E-state index in [1.165, 1.54) is 0 Å². The Morgan fingerprint density at radius 3 is 2.50 bits per heavy atom. The first-order chi connectivity index (χ1) is 9.28. The van der Waals surface area contributed by atoms with Crippen molar-refractivity contribution in [2.75, 3.05) is 26.7 Å². The van der Waals surface area contributed by atoms with Crippen LogP contribution in [0, 0.1) is 0 Å². The van der Waals surface area contributed by atoms with Gasteiger partial charge in [0.2, 0.25) is 5.91 Å². The van der Waals surface area contributed by atoms with Crippen LogP contribution in [0.4, 0.5) is 0 Å². The Labute approximate surface area is 127 Å². The molecular formula is C15H24ClN3O. The van der Waals surface area contributed by atoms with E-state index in [2.05, 4.69) is 15.5 Å². The number of carbonyl (C=O) groups excluding carboxylic acids is 1. The van der Waals surface area contributed by atoms with Gasteiger partial charge in [-0.3, -0.25) is 9.69 Å². The van der Waals surface area contributed by atoms with Gasteiger partial charge < -0.3 is 10.6 Å². The van der Waals surface area contributed by atoms with Crippen LogP contribution in [-0.2, 0) is 11.3 Å². The Kier molecular flexibility index (Phi) is 7.59. The van der Waals surface area contributed by atoms with Crippen molar-refractivity contribution in [1.29, 1.82) is 0 Å². The van der Waals surface area contributed by atoms with Gasteiger partial charge in [-0.05, 0) is 25.5 Å². The molecule has 1 aliphatic rings. The molecule has 1 aromatic carbocycles. The molecule has 0 saturated carbocycles. The van der Waals surface area contributed by atoms with E-state index in [4.69, 9.17) is 0 Å². The van der Waals surface area contributed by atoms with Gasteiger partial charge in [0, 0.05) is 25.7 Å². The third-order valence-corrected chi connectivity index (χ3v) is 3.70. The van der Waals surface area contributed by atoms with Gasteiger partial charge in [-0.2, -0.15) is 0 Å². The summed E-state index contributed by atoms with van der Waals surface area (Å²) in [5.41, 5.74) is 1.14. The quantitative estimate of drug-likeness (QED) is 0.864. The molecule has 1 fully saturated rings. The van der Waals surface area contributed by atoms with Crippen molar-refractivity contribution in [1.82, 2.24) is 15.5 Å². The zero-order chi connectivity index (χ0) is 13.5. The molecule has 4 nitrogen and oxygen atoms in total. The molecule has 1 saturated heterocycles. The molecule has 2 rings (SSSR count). The van der Waals surface area contributed by atoms with Gasteiger partial charge in [0.05, 0.1) is 6.54 Å². The number of nitrogens with zero attached hydrogens (tertiary/aromatic N) is 1. The molecule has 1 aromatic rings. The third kappa shape index (κ3) is 5.49. The number of nitrogens with one attached hydrogen (secondary N) is 2. The normalized spacial score (nSPS) is 16.4. The average Bonchev–Trinajstić information content (AvgIpc) is 2.47. The van der Waals surface area contributed by atoms with Crippen molar-refractivity contribution >= 4 is 18.3 Å². The molecule has 0 radical (unpaired) electrons. The van der Waals surface area contributed by atoms with E-state index in [-0.39, 0.29) is 18.3 Å². The minimum absolute atomic E-state index is 0. The Hall–Kier alpha value is -1.10. The van der Waals surface area contributed by atoms with Crippen molar-refractivity contribution in [2.45, 2.75) is 25.4 Å². The fourth-order valence-electron chi connectivity index (χ4n) is 2.44. The summed E-state index contributed by atoms with van der Waals surface area (Å²) >= 11 is 0. The standard InChI is InChI=1S/C15H23N3O.ClH/c1-16-14-7-9-18(10-8-14)12-15(19)17-11-13-5-3-2-4-6-13;/h2-6,14,16H,7-12H2,1H3,(H,17,19);1H. The van der Waals surface area contributed by atoms with E-state index in [0.29, 0.717) is 19.1 Å². The molecule has 0 aliphatic carbocycles. The zero-order valence-electron chi connectivity index (χ0n) is 12.0. The van der Waals surface area contributed by atoms with Gasteiger partial charge in [0.1, 0.15) is 0 Å². The maximum atomic E-state index is 11.9. The van der Waals surface area contributed by atoms with Crippen molar-refractivity contribution < 1.29 is 4.79 Å². The van der Waals surface area contributed by atoms with Gasteiger partial charge in [0.15, 0.2) is 0 Å². The highest BCUT2D eigenvalue weighted by molar-refractivity contribution is 5.85. The first-order valence-corrected chi connectivity index (χ1v) is 6.98. The molecular weight excluding hydrogens is 274 g/mol. The van der Waals surface area contributed by atoms with Crippen LogP contribution in [-0.4, -0.2) is 43.5 Å². The van der Waals surface area contributed by atoms with Crippen LogP contribution in [0.2, 0.25) is 0 Å². The maximum Gasteiger partial charge on any atom is 0.234 e. The molecule has 20 heavy (non-hydrogen) atoms. The Balaban J connectivity index is 0.00000200. The maximum absolute atomic E-state index is 11.9. The summed E-state index contributed by atoms with van der Waals surface area (Å²) in [5.74, 6) is 0.117. The molecule has 0 spiro atoms. The molecule has 5 heteroatoms. The van der Waals surface area contributed by atoms with Crippen LogP contribution >= 0.6 is 12.4 Å². The highest BCUT2D eigenvalue weighted by atomic mass is 35.5. The lowest BCUT2D eigenvalue weighted by Gasteiger charge is -2.31. The molecule has 1 amide bonds. The van der Waals surface area contributed by atoms with Crippen molar-refractivity contribution in [3.8, 4) is 0 Å². The second kappa shape index (κ2) is 8.95. The number of carbonyl (C=O) groups is 1. The number of hydrogen-bond donors (Lipinski definition) is 2. The predicted octanol–water partition coefficient (Wildman–Crippen LogP) is 1.41. The van der Waals surface area contributed by atoms with Crippen molar-refractivity contribution in [3.63, 3.8) is 0 Å². The fraction of sp³-hybridized carbons (Fsp3) is 0.533. The number of hydrogen-bond acceptors (Lipinski definition) is 3. The number of amides is 1. The lowest BCUT2D eigenvalue weighted by molar-refractivity contribution is -0.122. The minimum Gasteiger partial charge on any atom is -0.351 e. The number of rotatable bonds is 5. The zero-order valence-corrected chi connectivity index (χ0v) is 12.8. The Morgan fingerprint density at radius 1 is 1.25 bits per heavy atom. The molecule has 1 heterocycles. The van der Waals surface area contributed by atoms with Gasteiger partial charge in [0.25, 0.3) is 0 Å². The first-order valence-electron chi connectivity index (χ1n) is 6.98. The molecule has 1 aliphatic heterocycles. The molecule has 2 N–H and O–H groups in total. The molecule has 0 aromatic heterocycles. The number of benzene rings is 1. The average molecular weight is 298 g/mol. The highest BCUT2D eigenvalue weighted by Gasteiger charge is 2.19. The second-order valence-corrected chi connectivity index (χ2v) is 5.10. The predicted molar refractivity (Wildman–Crippen MR) is 84.1 cm³/mol. The van der Waals surface area contributed by atoms with Crippen LogP contribution in [0.25, 0.3) is 0 Å². The topological polar surface area (TPSA) is 44.4 Å². The molecule has 0 bridgehead atoms. The summed E-state index contributed by atoms with van der Waals surface area (Å²) in [6.07, 6.45) is 2.25. The SMILES string of the molecule is CNC1CCN(CC(=O)NCc2ccccc2)CC1.Cl. The van der Waals surface area contributed by atoms with Crippen LogP contribution in [0.5, 0.6) is 0 Å². The van der Waals surface area contributed by atoms with Gasteiger partial charge in [-0.15, -0.1) is 12.4 Å². The minimum atomic E-state index is 0. The lowest BCUT2D eigenvalue weighted by atomic mass is 10.1. The van der Waals surface area contributed by atoms with E-state index in [1.54, 1.807) is 0 Å². The number of halogens is 1. The Morgan fingerprint density at radius 2 is 1.90 bits per heavy atom. The first kappa shape index (κ1) is 17.0. The lowest BCUT2D eigenvalue weighted by Crippen LogP contribution is -2.45. The van der Waals surface area contributed by atoms with Crippen LogP contribution in [0.1, 0.15) is 18.4 Å². The highest BCUT2D eigenvalue weighted by Crippen LogP contribution is 2.09. The van der Waals surface area contributed by atoms with Crippen LogP contribution in [0.15, 0.2) is 30.3 Å². The Bertz CT molecular complexity index is 391. The summed E-state index contributed by atoms with van der Waals surface area (Å²) in [7, 11) is 2.01. The van der Waals surface area contributed by atoms with Gasteiger partial charge in [-0.25, -0.2) is 0 Å². The molecule has 0 unspecified atom stereocenters. The van der Waals surface area contributed by atoms with Crippen LogP contribution in [0.3, 0.4) is 0 Å². The van der Waals surface area contributed by atoms with E-state index in [1.807, 2.05) is 37.4 Å². The van der Waals surface area contributed by atoms with E-state index in [9.17, 15) is 4.79 Å². The monoisotopic (exact) mass is 297 g/mol.